The molecule has 0 fully saturated rings. The Hall–Kier alpha value is -2.33. The molecule has 2 aromatic rings. The van der Waals surface area contributed by atoms with Crippen LogP contribution in [0.4, 0.5) is 11.4 Å². The first-order valence-corrected chi connectivity index (χ1v) is 8.03. The van der Waals surface area contributed by atoms with E-state index in [0.717, 1.165) is 11.1 Å². The summed E-state index contributed by atoms with van der Waals surface area (Å²) in [7, 11) is 0. The standard InChI is InChI=1S/C19H21ClN2O2/c1-12-8-9-16(10-13(12)2)22-18(24)19(3,4)17(23)21-15-7-5-6-14(20)11-15/h5-11H,1-4H3,(H,21,23)(H,22,24). The van der Waals surface area contributed by atoms with Crippen LogP contribution < -0.4 is 10.6 Å². The lowest BCUT2D eigenvalue weighted by Crippen LogP contribution is -2.41. The minimum atomic E-state index is -1.24. The van der Waals surface area contributed by atoms with Crippen molar-refractivity contribution in [2.24, 2.45) is 5.41 Å². The van der Waals surface area contributed by atoms with Crippen LogP contribution in [0.3, 0.4) is 0 Å². The predicted octanol–water partition coefficient (Wildman–Crippen LogP) is 4.56. The maximum Gasteiger partial charge on any atom is 0.239 e. The maximum absolute atomic E-state index is 12.5. The van der Waals surface area contributed by atoms with E-state index in [4.69, 9.17) is 11.6 Å². The zero-order valence-corrected chi connectivity index (χ0v) is 15.0. The van der Waals surface area contributed by atoms with Gasteiger partial charge in [0.2, 0.25) is 11.8 Å². The Morgan fingerprint density at radius 2 is 1.46 bits per heavy atom. The molecule has 24 heavy (non-hydrogen) atoms. The lowest BCUT2D eigenvalue weighted by atomic mass is 9.90. The molecule has 0 aliphatic rings. The van der Waals surface area contributed by atoms with E-state index in [-0.39, 0.29) is 5.91 Å². The Kier molecular flexibility index (Phi) is 5.30. The molecule has 2 aromatic carbocycles. The van der Waals surface area contributed by atoms with Crippen molar-refractivity contribution >= 4 is 34.8 Å². The van der Waals surface area contributed by atoms with Crippen molar-refractivity contribution in [3.63, 3.8) is 0 Å². The molecule has 0 atom stereocenters. The SMILES string of the molecule is Cc1ccc(NC(=O)C(C)(C)C(=O)Nc2cccc(Cl)c2)cc1C. The number of hydrogen-bond acceptors (Lipinski definition) is 2. The lowest BCUT2D eigenvalue weighted by molar-refractivity contribution is -0.135. The van der Waals surface area contributed by atoms with Gasteiger partial charge >= 0.3 is 0 Å². The van der Waals surface area contributed by atoms with Crippen LogP contribution >= 0.6 is 11.6 Å². The molecular formula is C19H21ClN2O2. The van der Waals surface area contributed by atoms with Crippen LogP contribution in [0, 0.1) is 19.3 Å². The van der Waals surface area contributed by atoms with Gasteiger partial charge in [0.15, 0.2) is 0 Å². The van der Waals surface area contributed by atoms with E-state index < -0.39 is 11.3 Å². The molecule has 2 N–H and O–H groups in total. The molecule has 0 aliphatic carbocycles. The fraction of sp³-hybridized carbons (Fsp3) is 0.263. The van der Waals surface area contributed by atoms with E-state index in [0.29, 0.717) is 16.4 Å². The van der Waals surface area contributed by atoms with Gasteiger partial charge in [-0.3, -0.25) is 9.59 Å². The molecule has 0 unspecified atom stereocenters. The largest absolute Gasteiger partial charge is 0.325 e. The zero-order chi connectivity index (χ0) is 17.9. The van der Waals surface area contributed by atoms with Gasteiger partial charge in [-0.1, -0.05) is 23.7 Å². The number of rotatable bonds is 4. The molecule has 0 saturated carbocycles. The maximum atomic E-state index is 12.5. The highest BCUT2D eigenvalue weighted by Crippen LogP contribution is 2.23. The number of benzene rings is 2. The van der Waals surface area contributed by atoms with Gasteiger partial charge < -0.3 is 10.6 Å². The first-order chi connectivity index (χ1) is 11.2. The van der Waals surface area contributed by atoms with E-state index in [1.54, 1.807) is 38.1 Å². The molecule has 0 aliphatic heterocycles. The number of nitrogens with one attached hydrogen (secondary N) is 2. The number of aryl methyl sites for hydroxylation is 2. The average Bonchev–Trinajstić information content (AvgIpc) is 2.50. The van der Waals surface area contributed by atoms with Crippen LogP contribution in [0.25, 0.3) is 0 Å². The molecule has 5 heteroatoms. The summed E-state index contributed by atoms with van der Waals surface area (Å²) in [6.07, 6.45) is 0. The number of carbonyl (C=O) groups is 2. The molecular weight excluding hydrogens is 324 g/mol. The second-order valence-electron chi connectivity index (χ2n) is 6.34. The normalized spacial score (nSPS) is 11.0. The second kappa shape index (κ2) is 7.05. The number of anilines is 2. The summed E-state index contributed by atoms with van der Waals surface area (Å²) in [6, 6.07) is 12.5. The van der Waals surface area contributed by atoms with Crippen molar-refractivity contribution in [1.82, 2.24) is 0 Å². The van der Waals surface area contributed by atoms with Crippen LogP contribution in [0.2, 0.25) is 5.02 Å². The van der Waals surface area contributed by atoms with Crippen LogP contribution in [0.1, 0.15) is 25.0 Å². The molecule has 0 aromatic heterocycles. The van der Waals surface area contributed by atoms with Crippen molar-refractivity contribution in [1.29, 1.82) is 0 Å². The third kappa shape index (κ3) is 4.15. The van der Waals surface area contributed by atoms with Crippen molar-refractivity contribution in [2.45, 2.75) is 27.7 Å². The molecule has 0 spiro atoms. The van der Waals surface area contributed by atoms with E-state index in [1.807, 2.05) is 32.0 Å². The minimum Gasteiger partial charge on any atom is -0.325 e. The Morgan fingerprint density at radius 1 is 0.875 bits per heavy atom. The molecule has 0 heterocycles. The van der Waals surface area contributed by atoms with Gasteiger partial charge in [-0.2, -0.15) is 0 Å². The van der Waals surface area contributed by atoms with E-state index in [2.05, 4.69) is 10.6 Å². The first-order valence-electron chi connectivity index (χ1n) is 7.66. The van der Waals surface area contributed by atoms with Crippen molar-refractivity contribution in [2.75, 3.05) is 10.6 Å². The highest BCUT2D eigenvalue weighted by Gasteiger charge is 2.36. The van der Waals surface area contributed by atoms with Crippen LogP contribution in [-0.2, 0) is 9.59 Å². The lowest BCUT2D eigenvalue weighted by Gasteiger charge is -2.23. The van der Waals surface area contributed by atoms with Gasteiger partial charge in [-0.25, -0.2) is 0 Å². The molecule has 126 valence electrons. The quantitative estimate of drug-likeness (QED) is 0.799. The number of amides is 2. The van der Waals surface area contributed by atoms with E-state index in [1.165, 1.54) is 0 Å². The van der Waals surface area contributed by atoms with Crippen molar-refractivity contribution in [3.8, 4) is 0 Å². The smallest absolute Gasteiger partial charge is 0.239 e. The number of halogens is 1. The predicted molar refractivity (Wildman–Crippen MR) is 98.4 cm³/mol. The summed E-state index contributed by atoms with van der Waals surface area (Å²) >= 11 is 5.91. The van der Waals surface area contributed by atoms with Crippen LogP contribution in [-0.4, -0.2) is 11.8 Å². The fourth-order valence-corrected chi connectivity index (χ4v) is 2.25. The van der Waals surface area contributed by atoms with E-state index >= 15 is 0 Å². The summed E-state index contributed by atoms with van der Waals surface area (Å²) in [5.41, 5.74) is 2.22. The summed E-state index contributed by atoms with van der Waals surface area (Å²) in [5.74, 6) is -0.767. The third-order valence-electron chi connectivity index (χ3n) is 3.98. The molecule has 4 nitrogen and oxygen atoms in total. The van der Waals surface area contributed by atoms with Crippen molar-refractivity contribution in [3.05, 3.63) is 58.6 Å². The van der Waals surface area contributed by atoms with Gasteiger partial charge in [0.05, 0.1) is 0 Å². The third-order valence-corrected chi connectivity index (χ3v) is 4.22. The monoisotopic (exact) mass is 344 g/mol. The summed E-state index contributed by atoms with van der Waals surface area (Å²) < 4.78 is 0. The van der Waals surface area contributed by atoms with Gasteiger partial charge in [0.25, 0.3) is 0 Å². The number of carbonyl (C=O) groups excluding carboxylic acids is 2. The Balaban J connectivity index is 2.11. The molecule has 2 amide bonds. The Labute approximate surface area is 147 Å². The van der Waals surface area contributed by atoms with Gasteiger partial charge in [-0.15, -0.1) is 0 Å². The fourth-order valence-electron chi connectivity index (χ4n) is 2.06. The number of hydrogen-bond donors (Lipinski definition) is 2. The molecule has 0 bridgehead atoms. The molecule has 0 saturated heterocycles. The van der Waals surface area contributed by atoms with Crippen molar-refractivity contribution < 1.29 is 9.59 Å². The molecule has 2 rings (SSSR count). The highest BCUT2D eigenvalue weighted by atomic mass is 35.5. The van der Waals surface area contributed by atoms with Gasteiger partial charge in [-0.05, 0) is 69.2 Å². The first kappa shape index (κ1) is 18.0. The van der Waals surface area contributed by atoms with E-state index in [9.17, 15) is 9.59 Å². The average molecular weight is 345 g/mol. The molecule has 0 radical (unpaired) electrons. The Bertz CT molecular complexity index is 785. The zero-order valence-electron chi connectivity index (χ0n) is 14.2. The van der Waals surface area contributed by atoms with Gasteiger partial charge in [0, 0.05) is 16.4 Å². The van der Waals surface area contributed by atoms with Crippen LogP contribution in [0.5, 0.6) is 0 Å². The summed E-state index contributed by atoms with van der Waals surface area (Å²) in [5, 5.41) is 6.05. The van der Waals surface area contributed by atoms with Gasteiger partial charge in [0.1, 0.15) is 5.41 Å². The Morgan fingerprint density at radius 3 is 2.00 bits per heavy atom. The van der Waals surface area contributed by atoms with Crippen LogP contribution in [0.15, 0.2) is 42.5 Å². The highest BCUT2D eigenvalue weighted by molar-refractivity contribution is 6.31. The topological polar surface area (TPSA) is 58.2 Å². The summed E-state index contributed by atoms with van der Waals surface area (Å²) in [6.45, 7) is 7.15. The minimum absolute atomic E-state index is 0.370. The summed E-state index contributed by atoms with van der Waals surface area (Å²) in [4.78, 5) is 25.0. The second-order valence-corrected chi connectivity index (χ2v) is 6.78.